The summed E-state index contributed by atoms with van der Waals surface area (Å²) in [5, 5.41) is 0.934. The molecule has 2 unspecified atom stereocenters. The molecule has 1 saturated heterocycles. The number of benzene rings is 1. The Morgan fingerprint density at radius 2 is 1.95 bits per heavy atom. The van der Waals surface area contributed by atoms with Crippen LogP contribution in [0.25, 0.3) is 0 Å². The fraction of sp³-hybridized carbons (Fsp3) is 0.500. The van der Waals surface area contributed by atoms with Gasteiger partial charge in [-0.15, -0.1) is 0 Å². The maximum Gasteiger partial charge on any atom is 0.179 e. The van der Waals surface area contributed by atoms with E-state index < -0.39 is 11.6 Å². The summed E-state index contributed by atoms with van der Waals surface area (Å²) in [6.07, 6.45) is 0. The smallest absolute Gasteiger partial charge is 0.179 e. The summed E-state index contributed by atoms with van der Waals surface area (Å²) in [4.78, 5) is 14.1. The summed E-state index contributed by atoms with van der Waals surface area (Å²) < 4.78 is 26.3. The molecule has 0 spiro atoms. The first kappa shape index (κ1) is 14.5. The molecule has 0 saturated carbocycles. The molecule has 1 heterocycles. The lowest BCUT2D eigenvalue weighted by molar-refractivity contribution is 0.0926. The molecular weight excluding hydrogens is 268 g/mol. The molecular formula is C14H17F2NOS. The minimum Gasteiger partial charge on any atom is -0.294 e. The van der Waals surface area contributed by atoms with Gasteiger partial charge in [-0.1, -0.05) is 13.8 Å². The molecule has 1 aliphatic heterocycles. The predicted octanol–water partition coefficient (Wildman–Crippen LogP) is 2.97. The molecule has 0 bridgehead atoms. The Balaban J connectivity index is 2.04. The number of Topliss-reactive ketones (excluding diaryl/α,β-unsaturated/α-hetero) is 1. The number of carbonyl (C=O) groups is 1. The van der Waals surface area contributed by atoms with E-state index in [1.54, 1.807) is 0 Å². The Kier molecular flexibility index (Phi) is 4.58. The van der Waals surface area contributed by atoms with Crippen LogP contribution in [0.1, 0.15) is 24.2 Å². The number of carbonyl (C=O) groups excluding carboxylic acids is 1. The second-order valence-corrected chi connectivity index (χ2v) is 6.88. The third-order valence-corrected chi connectivity index (χ3v) is 4.32. The fourth-order valence-electron chi connectivity index (χ4n) is 2.42. The lowest BCUT2D eigenvalue weighted by Gasteiger charge is -2.34. The Labute approximate surface area is 116 Å². The van der Waals surface area contributed by atoms with Gasteiger partial charge in [-0.2, -0.15) is 11.8 Å². The number of rotatable bonds is 3. The highest BCUT2D eigenvalue weighted by atomic mass is 32.2. The van der Waals surface area contributed by atoms with Gasteiger partial charge in [0.15, 0.2) is 5.78 Å². The van der Waals surface area contributed by atoms with E-state index in [4.69, 9.17) is 0 Å². The van der Waals surface area contributed by atoms with Gasteiger partial charge in [0.1, 0.15) is 11.6 Å². The van der Waals surface area contributed by atoms with Crippen molar-refractivity contribution in [2.24, 2.45) is 0 Å². The standard InChI is InChI=1S/C14H17F2NOS/c1-9-6-17(7-10(2)19-9)8-14(18)12-4-3-11(15)5-13(12)16/h3-5,9-10H,6-8H2,1-2H3. The van der Waals surface area contributed by atoms with Crippen molar-refractivity contribution in [2.45, 2.75) is 24.3 Å². The average Bonchev–Trinajstić information content (AvgIpc) is 2.26. The van der Waals surface area contributed by atoms with Crippen LogP contribution < -0.4 is 0 Å². The highest BCUT2D eigenvalue weighted by Gasteiger charge is 2.24. The largest absolute Gasteiger partial charge is 0.294 e. The highest BCUT2D eigenvalue weighted by Crippen LogP contribution is 2.24. The molecule has 2 rings (SSSR count). The zero-order chi connectivity index (χ0) is 14.0. The van der Waals surface area contributed by atoms with Gasteiger partial charge in [-0.3, -0.25) is 9.69 Å². The molecule has 19 heavy (non-hydrogen) atoms. The summed E-state index contributed by atoms with van der Waals surface area (Å²) in [6, 6.07) is 3.09. The second kappa shape index (κ2) is 6.01. The summed E-state index contributed by atoms with van der Waals surface area (Å²) in [5.74, 6) is -1.73. The Morgan fingerprint density at radius 1 is 1.32 bits per heavy atom. The number of hydrogen-bond donors (Lipinski definition) is 0. The van der Waals surface area contributed by atoms with E-state index in [0.29, 0.717) is 10.5 Å². The first-order valence-corrected chi connectivity index (χ1v) is 7.26. The summed E-state index contributed by atoms with van der Waals surface area (Å²) in [7, 11) is 0. The van der Waals surface area contributed by atoms with E-state index in [0.717, 1.165) is 25.2 Å². The first-order chi connectivity index (χ1) is 8.95. The molecule has 1 fully saturated rings. The Hall–Kier alpha value is -0.940. The van der Waals surface area contributed by atoms with Crippen molar-refractivity contribution in [3.05, 3.63) is 35.4 Å². The van der Waals surface area contributed by atoms with Gasteiger partial charge in [-0.05, 0) is 12.1 Å². The number of nitrogens with zero attached hydrogens (tertiary/aromatic N) is 1. The van der Waals surface area contributed by atoms with E-state index in [1.807, 2.05) is 16.7 Å². The lowest BCUT2D eigenvalue weighted by Crippen LogP contribution is -2.43. The van der Waals surface area contributed by atoms with Gasteiger partial charge < -0.3 is 0 Å². The van der Waals surface area contributed by atoms with Crippen LogP contribution >= 0.6 is 11.8 Å². The van der Waals surface area contributed by atoms with Gasteiger partial charge >= 0.3 is 0 Å². The molecule has 2 atom stereocenters. The third kappa shape index (κ3) is 3.76. The summed E-state index contributed by atoms with van der Waals surface area (Å²) in [5.41, 5.74) is -0.0278. The third-order valence-electron chi connectivity index (χ3n) is 3.09. The van der Waals surface area contributed by atoms with Crippen molar-refractivity contribution >= 4 is 17.5 Å². The monoisotopic (exact) mass is 285 g/mol. The van der Waals surface area contributed by atoms with E-state index >= 15 is 0 Å². The van der Waals surface area contributed by atoms with Gasteiger partial charge in [0.25, 0.3) is 0 Å². The first-order valence-electron chi connectivity index (χ1n) is 6.31. The zero-order valence-corrected chi connectivity index (χ0v) is 11.8. The van der Waals surface area contributed by atoms with Crippen LogP contribution in [0, 0.1) is 11.6 Å². The minimum absolute atomic E-state index is 0.0278. The number of halogens is 2. The summed E-state index contributed by atoms with van der Waals surface area (Å²) in [6.45, 7) is 6.08. The molecule has 1 aromatic rings. The maximum atomic E-state index is 13.5. The molecule has 0 aliphatic carbocycles. The van der Waals surface area contributed by atoms with Gasteiger partial charge in [0.2, 0.25) is 0 Å². The fourth-order valence-corrected chi connectivity index (χ4v) is 3.80. The van der Waals surface area contributed by atoms with Gasteiger partial charge in [-0.25, -0.2) is 8.78 Å². The minimum atomic E-state index is -0.780. The maximum absolute atomic E-state index is 13.5. The van der Waals surface area contributed by atoms with E-state index in [1.165, 1.54) is 6.07 Å². The number of hydrogen-bond acceptors (Lipinski definition) is 3. The van der Waals surface area contributed by atoms with Crippen LogP contribution in [0.2, 0.25) is 0 Å². The second-order valence-electron chi connectivity index (χ2n) is 5.00. The van der Waals surface area contributed by atoms with Crippen molar-refractivity contribution in [2.75, 3.05) is 19.6 Å². The van der Waals surface area contributed by atoms with Crippen LogP contribution in [0.3, 0.4) is 0 Å². The topological polar surface area (TPSA) is 20.3 Å². The molecule has 1 aliphatic rings. The SMILES string of the molecule is CC1CN(CC(=O)c2ccc(F)cc2F)CC(C)S1. The average molecular weight is 285 g/mol. The normalized spacial score (nSPS) is 24.4. The molecule has 0 N–H and O–H groups in total. The van der Waals surface area contributed by atoms with E-state index in [-0.39, 0.29) is 17.9 Å². The van der Waals surface area contributed by atoms with Crippen LogP contribution in [-0.4, -0.2) is 40.8 Å². The quantitative estimate of drug-likeness (QED) is 0.796. The summed E-state index contributed by atoms with van der Waals surface area (Å²) >= 11 is 1.90. The van der Waals surface area contributed by atoms with E-state index in [2.05, 4.69) is 13.8 Å². The lowest BCUT2D eigenvalue weighted by atomic mass is 10.1. The van der Waals surface area contributed by atoms with Gasteiger partial charge in [0.05, 0.1) is 12.1 Å². The zero-order valence-electron chi connectivity index (χ0n) is 11.0. The highest BCUT2D eigenvalue weighted by molar-refractivity contribution is 8.00. The van der Waals surface area contributed by atoms with Crippen molar-refractivity contribution in [3.8, 4) is 0 Å². The van der Waals surface area contributed by atoms with Crippen LogP contribution in [0.15, 0.2) is 18.2 Å². The van der Waals surface area contributed by atoms with Gasteiger partial charge in [0, 0.05) is 29.7 Å². The van der Waals surface area contributed by atoms with Crippen molar-refractivity contribution in [1.29, 1.82) is 0 Å². The Bertz CT molecular complexity index is 471. The molecule has 0 amide bonds. The molecule has 2 nitrogen and oxygen atoms in total. The van der Waals surface area contributed by atoms with Crippen molar-refractivity contribution in [1.82, 2.24) is 4.90 Å². The van der Waals surface area contributed by atoms with E-state index in [9.17, 15) is 13.6 Å². The molecule has 104 valence electrons. The van der Waals surface area contributed by atoms with Crippen molar-refractivity contribution < 1.29 is 13.6 Å². The van der Waals surface area contributed by atoms with Crippen LogP contribution in [-0.2, 0) is 0 Å². The number of ketones is 1. The van der Waals surface area contributed by atoms with Crippen LogP contribution in [0.5, 0.6) is 0 Å². The Morgan fingerprint density at radius 3 is 2.53 bits per heavy atom. The number of thioether (sulfide) groups is 1. The molecule has 1 aromatic carbocycles. The predicted molar refractivity (Wildman–Crippen MR) is 73.6 cm³/mol. The van der Waals surface area contributed by atoms with Crippen LogP contribution in [0.4, 0.5) is 8.78 Å². The van der Waals surface area contributed by atoms with Crippen molar-refractivity contribution in [3.63, 3.8) is 0 Å². The molecule has 0 radical (unpaired) electrons. The molecule has 5 heteroatoms. The molecule has 0 aromatic heterocycles.